The minimum Gasteiger partial charge on any atom is -0.209 e. The zero-order valence-electron chi connectivity index (χ0n) is 6.97. The van der Waals surface area contributed by atoms with Crippen molar-refractivity contribution >= 4 is 34.1 Å². The van der Waals surface area contributed by atoms with Crippen molar-refractivity contribution in [2.45, 2.75) is 0 Å². The number of rotatable bonds is 1. The summed E-state index contributed by atoms with van der Waals surface area (Å²) in [6, 6.07) is 2.01. The fourth-order valence-corrected chi connectivity index (χ4v) is 2.29. The molecule has 0 unspecified atom stereocenters. The van der Waals surface area contributed by atoms with Crippen LogP contribution < -0.4 is 0 Å². The average Bonchev–Trinajstić information content (AvgIpc) is 2.61. The average molecular weight is 342 g/mol. The Morgan fingerprint density at radius 3 is 2.47 bits per heavy atom. The third-order valence-corrected chi connectivity index (χ3v) is 3.22. The van der Waals surface area contributed by atoms with Crippen LogP contribution in [0.4, 0.5) is 13.2 Å². The van der Waals surface area contributed by atoms with Gasteiger partial charge in [-0.3, -0.25) is 0 Å². The van der Waals surface area contributed by atoms with Crippen LogP contribution in [0.1, 0.15) is 0 Å². The van der Waals surface area contributed by atoms with E-state index in [2.05, 4.69) is 9.36 Å². The van der Waals surface area contributed by atoms with E-state index in [-0.39, 0.29) is 10.6 Å². The SMILES string of the molecule is Fc1ccc(-c2nc(I)ns2)c(F)c1F. The van der Waals surface area contributed by atoms with E-state index < -0.39 is 17.5 Å². The molecule has 0 N–H and O–H groups in total. The summed E-state index contributed by atoms with van der Waals surface area (Å²) in [5.74, 6) is -3.93. The van der Waals surface area contributed by atoms with Crippen LogP contribution in [0.25, 0.3) is 10.6 Å². The molecule has 7 heteroatoms. The maximum absolute atomic E-state index is 13.3. The summed E-state index contributed by atoms with van der Waals surface area (Å²) in [5, 5.41) is 0.232. The van der Waals surface area contributed by atoms with Gasteiger partial charge >= 0.3 is 0 Å². The molecule has 0 radical (unpaired) electrons. The number of benzene rings is 1. The second-order valence-corrected chi connectivity index (χ2v) is 4.31. The van der Waals surface area contributed by atoms with Crippen LogP contribution >= 0.6 is 34.1 Å². The normalized spacial score (nSPS) is 10.7. The third-order valence-electron chi connectivity index (χ3n) is 1.67. The minimum absolute atomic E-state index is 0.0747. The first-order valence-corrected chi connectivity index (χ1v) is 5.58. The van der Waals surface area contributed by atoms with Gasteiger partial charge in [0.05, 0.1) is 5.56 Å². The molecule has 2 aromatic rings. The molecule has 0 aliphatic carbocycles. The number of nitrogens with zero attached hydrogens (tertiary/aromatic N) is 2. The molecule has 0 spiro atoms. The second kappa shape index (κ2) is 4.05. The highest BCUT2D eigenvalue weighted by molar-refractivity contribution is 14.1. The van der Waals surface area contributed by atoms with E-state index >= 15 is 0 Å². The molecule has 0 amide bonds. The molecule has 0 bridgehead atoms. The molecule has 2 nitrogen and oxygen atoms in total. The van der Waals surface area contributed by atoms with Gasteiger partial charge in [0, 0.05) is 22.6 Å². The Hall–Kier alpha value is -0.700. The first kappa shape index (κ1) is 10.8. The Labute approximate surface area is 100 Å². The summed E-state index contributed by atoms with van der Waals surface area (Å²) >= 11 is 2.79. The van der Waals surface area contributed by atoms with E-state index in [0.717, 1.165) is 23.7 Å². The Kier molecular flexibility index (Phi) is 2.91. The largest absolute Gasteiger partial charge is 0.209 e. The summed E-state index contributed by atoms with van der Waals surface area (Å²) in [4.78, 5) is 3.88. The van der Waals surface area contributed by atoms with Gasteiger partial charge in [-0.2, -0.15) is 4.37 Å². The fraction of sp³-hybridized carbons (Fsp3) is 0. The van der Waals surface area contributed by atoms with E-state index in [9.17, 15) is 13.2 Å². The van der Waals surface area contributed by atoms with Crippen molar-refractivity contribution in [3.8, 4) is 10.6 Å². The molecule has 0 aliphatic heterocycles. The van der Waals surface area contributed by atoms with Gasteiger partial charge in [0.2, 0.25) is 3.83 Å². The van der Waals surface area contributed by atoms with Gasteiger partial charge in [0.1, 0.15) is 5.01 Å². The van der Waals surface area contributed by atoms with Crippen LogP contribution in [0, 0.1) is 21.3 Å². The van der Waals surface area contributed by atoms with Crippen LogP contribution in [0.2, 0.25) is 0 Å². The number of aromatic nitrogens is 2. The van der Waals surface area contributed by atoms with Gasteiger partial charge in [0.25, 0.3) is 0 Å². The number of hydrogen-bond donors (Lipinski definition) is 0. The first-order chi connectivity index (χ1) is 7.09. The van der Waals surface area contributed by atoms with Crippen LogP contribution in [0.5, 0.6) is 0 Å². The lowest BCUT2D eigenvalue weighted by Crippen LogP contribution is -1.93. The quantitative estimate of drug-likeness (QED) is 0.588. The van der Waals surface area contributed by atoms with Crippen molar-refractivity contribution in [2.75, 3.05) is 0 Å². The molecule has 1 aromatic heterocycles. The minimum atomic E-state index is -1.49. The summed E-state index contributed by atoms with van der Waals surface area (Å²) in [5.41, 5.74) is -0.0747. The van der Waals surface area contributed by atoms with Crippen molar-refractivity contribution in [1.29, 1.82) is 0 Å². The van der Waals surface area contributed by atoms with Gasteiger partial charge < -0.3 is 0 Å². The highest BCUT2D eigenvalue weighted by atomic mass is 127. The van der Waals surface area contributed by atoms with Gasteiger partial charge in [-0.05, 0) is 23.7 Å². The van der Waals surface area contributed by atoms with Gasteiger partial charge in [-0.25, -0.2) is 18.2 Å². The van der Waals surface area contributed by atoms with E-state index in [1.807, 2.05) is 22.6 Å². The zero-order chi connectivity index (χ0) is 11.0. The van der Waals surface area contributed by atoms with E-state index in [4.69, 9.17) is 0 Å². The smallest absolute Gasteiger partial charge is 0.203 e. The van der Waals surface area contributed by atoms with Gasteiger partial charge in [-0.1, -0.05) is 0 Å². The fourth-order valence-electron chi connectivity index (χ4n) is 1.01. The van der Waals surface area contributed by atoms with E-state index in [1.165, 1.54) is 0 Å². The first-order valence-electron chi connectivity index (χ1n) is 3.72. The molecule has 15 heavy (non-hydrogen) atoms. The summed E-state index contributed by atoms with van der Waals surface area (Å²) < 4.78 is 43.1. The Morgan fingerprint density at radius 2 is 1.87 bits per heavy atom. The van der Waals surface area contributed by atoms with Crippen LogP contribution in [0.15, 0.2) is 12.1 Å². The lowest BCUT2D eigenvalue weighted by Gasteiger charge is -1.99. The lowest BCUT2D eigenvalue weighted by atomic mass is 10.2. The number of halogens is 4. The molecule has 0 atom stereocenters. The van der Waals surface area contributed by atoms with Crippen molar-refractivity contribution in [1.82, 2.24) is 9.36 Å². The van der Waals surface area contributed by atoms with E-state index in [1.54, 1.807) is 0 Å². The molecule has 1 heterocycles. The Bertz CT molecular complexity index is 515. The Morgan fingerprint density at radius 1 is 1.13 bits per heavy atom. The molecule has 78 valence electrons. The topological polar surface area (TPSA) is 25.8 Å². The molecule has 0 saturated carbocycles. The predicted octanol–water partition coefficient (Wildman–Crippen LogP) is 3.23. The van der Waals surface area contributed by atoms with Gasteiger partial charge in [-0.15, -0.1) is 0 Å². The molecule has 2 rings (SSSR count). The molecular formula is C8H2F3IN2S. The number of hydrogen-bond acceptors (Lipinski definition) is 3. The molecule has 0 aliphatic rings. The molecule has 0 saturated heterocycles. The van der Waals surface area contributed by atoms with Crippen molar-refractivity contribution in [2.24, 2.45) is 0 Å². The summed E-state index contributed by atoms with van der Waals surface area (Å²) in [6.07, 6.45) is 0. The second-order valence-electron chi connectivity index (χ2n) is 2.59. The van der Waals surface area contributed by atoms with Crippen molar-refractivity contribution in [3.63, 3.8) is 0 Å². The molecule has 1 aromatic carbocycles. The maximum atomic E-state index is 13.3. The highest BCUT2D eigenvalue weighted by Crippen LogP contribution is 2.27. The van der Waals surface area contributed by atoms with Crippen molar-refractivity contribution < 1.29 is 13.2 Å². The van der Waals surface area contributed by atoms with Crippen LogP contribution in [-0.4, -0.2) is 9.36 Å². The highest BCUT2D eigenvalue weighted by Gasteiger charge is 2.17. The monoisotopic (exact) mass is 342 g/mol. The molecule has 0 fully saturated rings. The van der Waals surface area contributed by atoms with Crippen molar-refractivity contribution in [3.05, 3.63) is 33.4 Å². The van der Waals surface area contributed by atoms with E-state index in [0.29, 0.717) is 3.83 Å². The lowest BCUT2D eigenvalue weighted by molar-refractivity contribution is 0.449. The van der Waals surface area contributed by atoms with Crippen LogP contribution in [0.3, 0.4) is 0 Å². The van der Waals surface area contributed by atoms with Gasteiger partial charge in [0.15, 0.2) is 17.5 Å². The predicted molar refractivity (Wildman–Crippen MR) is 57.9 cm³/mol. The maximum Gasteiger partial charge on any atom is 0.203 e. The summed E-state index contributed by atoms with van der Waals surface area (Å²) in [7, 11) is 0. The summed E-state index contributed by atoms with van der Waals surface area (Å²) in [6.45, 7) is 0. The standard InChI is InChI=1S/C8H2F3IN2S/c9-4-2-1-3(5(10)6(4)11)7-13-8(12)14-15-7/h1-2H. The third kappa shape index (κ3) is 1.98. The Balaban J connectivity index is 2.59. The zero-order valence-corrected chi connectivity index (χ0v) is 9.94. The van der Waals surface area contributed by atoms with Crippen LogP contribution in [-0.2, 0) is 0 Å². The molecular weight excluding hydrogens is 340 g/mol.